The molecule has 0 heterocycles. The van der Waals surface area contributed by atoms with Gasteiger partial charge in [0.1, 0.15) is 0 Å². The molecule has 1 heteroatoms. The normalized spacial score (nSPS) is 13.4. The fourth-order valence-corrected chi connectivity index (χ4v) is 1.19. The van der Waals surface area contributed by atoms with Crippen molar-refractivity contribution in [3.8, 4) is 0 Å². The zero-order chi connectivity index (χ0) is 10.4. The van der Waals surface area contributed by atoms with Gasteiger partial charge in [0.05, 0.1) is 0 Å². The fraction of sp³-hybridized carbons (Fsp3) is 0.462. The summed E-state index contributed by atoms with van der Waals surface area (Å²) in [6.07, 6.45) is 3.19. The maximum atomic E-state index is 4.45. The molecule has 0 radical (unpaired) electrons. The lowest BCUT2D eigenvalue weighted by molar-refractivity contribution is 0.578. The van der Waals surface area contributed by atoms with E-state index < -0.39 is 0 Å². The van der Waals surface area contributed by atoms with Crippen molar-refractivity contribution in [2.45, 2.75) is 27.2 Å². The molecule has 0 saturated carbocycles. The topological polar surface area (TPSA) is 12.4 Å². The Morgan fingerprint density at radius 2 is 2.07 bits per heavy atom. The molecule has 0 N–H and O–H groups in total. The van der Waals surface area contributed by atoms with Gasteiger partial charge in [-0.1, -0.05) is 44.5 Å². The smallest absolute Gasteiger partial charge is 0.0415 e. The lowest BCUT2D eigenvalue weighted by Crippen LogP contribution is -1.97. The largest absolute Gasteiger partial charge is 0.292 e. The van der Waals surface area contributed by atoms with Gasteiger partial charge in [0.2, 0.25) is 0 Å². The minimum absolute atomic E-state index is 0.690. The molecule has 76 valence electrons. The highest BCUT2D eigenvalue weighted by atomic mass is 14.7. The van der Waals surface area contributed by atoms with E-state index in [0.717, 1.165) is 6.54 Å². The third-order valence-corrected chi connectivity index (χ3v) is 2.53. The van der Waals surface area contributed by atoms with Gasteiger partial charge in [0, 0.05) is 12.8 Å². The number of aryl methyl sites for hydroxylation is 1. The zero-order valence-electron chi connectivity index (χ0n) is 9.33. The average molecular weight is 189 g/mol. The first-order valence-electron chi connectivity index (χ1n) is 5.29. The third-order valence-electron chi connectivity index (χ3n) is 2.53. The molecule has 0 bridgehead atoms. The van der Waals surface area contributed by atoms with Gasteiger partial charge in [-0.3, -0.25) is 4.99 Å². The molecule has 0 saturated heterocycles. The van der Waals surface area contributed by atoms with E-state index in [1.54, 1.807) is 0 Å². The Bertz CT molecular complexity index is 302. The summed E-state index contributed by atoms with van der Waals surface area (Å²) < 4.78 is 0. The van der Waals surface area contributed by atoms with E-state index in [9.17, 15) is 0 Å². The molecule has 0 aliphatic heterocycles. The monoisotopic (exact) mass is 189 g/mol. The first-order valence-corrected chi connectivity index (χ1v) is 5.29. The van der Waals surface area contributed by atoms with Crippen molar-refractivity contribution in [2.24, 2.45) is 10.9 Å². The van der Waals surface area contributed by atoms with E-state index in [1.807, 2.05) is 6.21 Å². The van der Waals surface area contributed by atoms with Crippen LogP contribution in [0.4, 0.5) is 0 Å². The maximum Gasteiger partial charge on any atom is 0.0415 e. The number of rotatable bonds is 4. The van der Waals surface area contributed by atoms with Crippen LogP contribution in [0.3, 0.4) is 0 Å². The molecule has 1 nitrogen and oxygen atoms in total. The minimum Gasteiger partial charge on any atom is -0.292 e. The Balaban J connectivity index is 2.56. The molecule has 1 unspecified atom stereocenters. The van der Waals surface area contributed by atoms with Crippen LogP contribution >= 0.6 is 0 Å². The van der Waals surface area contributed by atoms with Gasteiger partial charge in [-0.15, -0.1) is 0 Å². The predicted octanol–water partition coefficient (Wildman–Crippen LogP) is 3.46. The van der Waals surface area contributed by atoms with Crippen molar-refractivity contribution in [1.29, 1.82) is 0 Å². The summed E-state index contributed by atoms with van der Waals surface area (Å²) in [5, 5.41) is 0. The standard InChI is InChI=1S/C13H19N/c1-4-11(2)9-14-10-13-8-6-5-7-12(13)3/h5-8,10-11H,4,9H2,1-3H3/b14-10-. The molecule has 0 spiro atoms. The van der Waals surface area contributed by atoms with Gasteiger partial charge in [-0.2, -0.15) is 0 Å². The van der Waals surface area contributed by atoms with Crippen LogP contribution in [-0.2, 0) is 0 Å². The Hall–Kier alpha value is -1.11. The number of benzene rings is 1. The van der Waals surface area contributed by atoms with Crippen LogP contribution in [0.15, 0.2) is 29.3 Å². The number of aliphatic imine (C=N–C) groups is 1. The molecule has 1 aromatic rings. The van der Waals surface area contributed by atoms with Crippen molar-refractivity contribution in [2.75, 3.05) is 6.54 Å². The molecule has 0 aromatic heterocycles. The first-order chi connectivity index (χ1) is 6.74. The summed E-state index contributed by atoms with van der Waals surface area (Å²) >= 11 is 0. The molecule has 14 heavy (non-hydrogen) atoms. The quantitative estimate of drug-likeness (QED) is 0.643. The van der Waals surface area contributed by atoms with Gasteiger partial charge in [-0.05, 0) is 24.0 Å². The van der Waals surface area contributed by atoms with Gasteiger partial charge < -0.3 is 0 Å². The van der Waals surface area contributed by atoms with Crippen LogP contribution in [0, 0.1) is 12.8 Å². The summed E-state index contributed by atoms with van der Waals surface area (Å²) in [4.78, 5) is 4.45. The second kappa shape index (κ2) is 5.58. The Kier molecular flexibility index (Phi) is 4.37. The van der Waals surface area contributed by atoms with Gasteiger partial charge in [0.25, 0.3) is 0 Å². The van der Waals surface area contributed by atoms with E-state index in [-0.39, 0.29) is 0 Å². The van der Waals surface area contributed by atoms with Gasteiger partial charge >= 0.3 is 0 Å². The third kappa shape index (κ3) is 3.33. The highest BCUT2D eigenvalue weighted by molar-refractivity contribution is 5.81. The molecule has 0 amide bonds. The highest BCUT2D eigenvalue weighted by Crippen LogP contribution is 2.05. The summed E-state index contributed by atoms with van der Waals surface area (Å²) in [5.74, 6) is 0.690. The zero-order valence-corrected chi connectivity index (χ0v) is 9.33. The first kappa shape index (κ1) is 11.0. The van der Waals surface area contributed by atoms with Crippen LogP contribution in [-0.4, -0.2) is 12.8 Å². The van der Waals surface area contributed by atoms with Crippen LogP contribution < -0.4 is 0 Å². The van der Waals surface area contributed by atoms with Crippen molar-refractivity contribution < 1.29 is 0 Å². The molecule has 0 aliphatic carbocycles. The van der Waals surface area contributed by atoms with E-state index in [0.29, 0.717) is 5.92 Å². The number of hydrogen-bond donors (Lipinski definition) is 0. The molecular weight excluding hydrogens is 170 g/mol. The lowest BCUT2D eigenvalue weighted by Gasteiger charge is -2.03. The molecule has 0 aliphatic rings. The Morgan fingerprint density at radius 3 is 2.71 bits per heavy atom. The number of hydrogen-bond acceptors (Lipinski definition) is 1. The highest BCUT2D eigenvalue weighted by Gasteiger charge is 1.95. The SMILES string of the molecule is CCC(C)C/N=C\c1ccccc1C. The van der Waals surface area contributed by atoms with E-state index in [2.05, 4.69) is 50.0 Å². The van der Waals surface area contributed by atoms with Crippen LogP contribution in [0.1, 0.15) is 31.4 Å². The molecule has 1 atom stereocenters. The van der Waals surface area contributed by atoms with Crippen LogP contribution in [0.5, 0.6) is 0 Å². The minimum atomic E-state index is 0.690. The summed E-state index contributed by atoms with van der Waals surface area (Å²) in [5.41, 5.74) is 2.52. The summed E-state index contributed by atoms with van der Waals surface area (Å²) in [6, 6.07) is 8.33. The van der Waals surface area contributed by atoms with Gasteiger partial charge in [-0.25, -0.2) is 0 Å². The molecule has 1 aromatic carbocycles. The molecular formula is C13H19N. The predicted molar refractivity (Wildman–Crippen MR) is 63.1 cm³/mol. The van der Waals surface area contributed by atoms with Crippen molar-refractivity contribution in [3.63, 3.8) is 0 Å². The average Bonchev–Trinajstić information content (AvgIpc) is 2.20. The second-order valence-corrected chi connectivity index (χ2v) is 3.86. The molecule has 1 rings (SSSR count). The van der Waals surface area contributed by atoms with Crippen LogP contribution in [0.25, 0.3) is 0 Å². The molecule has 0 fully saturated rings. The Morgan fingerprint density at radius 1 is 1.36 bits per heavy atom. The summed E-state index contributed by atoms with van der Waals surface area (Å²) in [6.45, 7) is 7.48. The summed E-state index contributed by atoms with van der Waals surface area (Å²) in [7, 11) is 0. The van der Waals surface area contributed by atoms with Crippen molar-refractivity contribution >= 4 is 6.21 Å². The van der Waals surface area contributed by atoms with Crippen LogP contribution in [0.2, 0.25) is 0 Å². The van der Waals surface area contributed by atoms with E-state index in [4.69, 9.17) is 0 Å². The fourth-order valence-electron chi connectivity index (χ4n) is 1.19. The van der Waals surface area contributed by atoms with Gasteiger partial charge in [0.15, 0.2) is 0 Å². The van der Waals surface area contributed by atoms with Crippen molar-refractivity contribution in [1.82, 2.24) is 0 Å². The Labute approximate surface area is 86.9 Å². The van der Waals surface area contributed by atoms with E-state index in [1.165, 1.54) is 17.5 Å². The maximum absolute atomic E-state index is 4.45. The van der Waals surface area contributed by atoms with Crippen molar-refractivity contribution in [3.05, 3.63) is 35.4 Å². The number of nitrogens with zero attached hydrogens (tertiary/aromatic N) is 1. The van der Waals surface area contributed by atoms with E-state index >= 15 is 0 Å². The lowest BCUT2D eigenvalue weighted by atomic mass is 10.1. The second-order valence-electron chi connectivity index (χ2n) is 3.86.